The number of carbonyl (C=O) groups excluding carboxylic acids is 3. The first-order chi connectivity index (χ1) is 14.5. The van der Waals surface area contributed by atoms with Crippen LogP contribution in [0.1, 0.15) is 51.6 Å². The fraction of sp³-hybridized carbons (Fsp3) is 0.348. The smallest absolute Gasteiger partial charge is 0.261 e. The summed E-state index contributed by atoms with van der Waals surface area (Å²) < 4.78 is 10.8. The van der Waals surface area contributed by atoms with Crippen molar-refractivity contribution < 1.29 is 23.9 Å². The molecule has 0 spiro atoms. The van der Waals surface area contributed by atoms with E-state index < -0.39 is 0 Å². The number of carbonyl (C=O) groups is 3. The van der Waals surface area contributed by atoms with Crippen molar-refractivity contribution in [3.8, 4) is 11.5 Å². The van der Waals surface area contributed by atoms with Crippen LogP contribution >= 0.6 is 0 Å². The Balaban J connectivity index is 1.46. The second-order valence-electron chi connectivity index (χ2n) is 7.41. The lowest BCUT2D eigenvalue weighted by molar-refractivity contribution is -0.132. The van der Waals surface area contributed by atoms with Gasteiger partial charge >= 0.3 is 0 Å². The number of hydrogen-bond donors (Lipinski definition) is 0. The normalized spacial score (nSPS) is 18.0. The summed E-state index contributed by atoms with van der Waals surface area (Å²) in [5.41, 5.74) is 1.74. The summed E-state index contributed by atoms with van der Waals surface area (Å²) >= 11 is 0. The fourth-order valence-corrected chi connectivity index (χ4v) is 4.28. The average molecular weight is 408 g/mol. The predicted octanol–water partition coefficient (Wildman–Crippen LogP) is 3.05. The van der Waals surface area contributed by atoms with Gasteiger partial charge in [0.1, 0.15) is 11.5 Å². The molecule has 7 nitrogen and oxygen atoms in total. The Hall–Kier alpha value is -3.35. The van der Waals surface area contributed by atoms with Gasteiger partial charge in [-0.05, 0) is 37.1 Å². The number of methoxy groups -OCH3 is 2. The van der Waals surface area contributed by atoms with E-state index in [0.29, 0.717) is 29.2 Å². The maximum absolute atomic E-state index is 13.0. The minimum atomic E-state index is -0.335. The van der Waals surface area contributed by atoms with Crippen LogP contribution in [0, 0.1) is 0 Å². The van der Waals surface area contributed by atoms with E-state index in [1.807, 2.05) is 23.1 Å². The molecule has 3 amide bonds. The first-order valence-electron chi connectivity index (χ1n) is 10.0. The van der Waals surface area contributed by atoms with Crippen LogP contribution in [0.3, 0.4) is 0 Å². The largest absolute Gasteiger partial charge is 0.497 e. The van der Waals surface area contributed by atoms with E-state index in [1.54, 1.807) is 38.5 Å². The molecule has 1 unspecified atom stereocenters. The molecule has 156 valence electrons. The van der Waals surface area contributed by atoms with Gasteiger partial charge in [-0.25, -0.2) is 0 Å². The van der Waals surface area contributed by atoms with Gasteiger partial charge in [0.2, 0.25) is 5.91 Å². The molecule has 0 aromatic heterocycles. The quantitative estimate of drug-likeness (QED) is 0.687. The molecule has 2 aromatic rings. The third-order valence-electron chi connectivity index (χ3n) is 5.80. The summed E-state index contributed by atoms with van der Waals surface area (Å²) in [6.07, 6.45) is 1.82. The molecular weight excluding hydrogens is 384 g/mol. The topological polar surface area (TPSA) is 76.2 Å². The maximum Gasteiger partial charge on any atom is 0.261 e. The highest BCUT2D eigenvalue weighted by Crippen LogP contribution is 2.39. The molecule has 4 rings (SSSR count). The molecule has 30 heavy (non-hydrogen) atoms. The molecular formula is C23H24N2O5. The van der Waals surface area contributed by atoms with Crippen LogP contribution in [0.4, 0.5) is 0 Å². The zero-order valence-corrected chi connectivity index (χ0v) is 17.1. The number of likely N-dealkylation sites (tertiary alicyclic amines) is 1. The van der Waals surface area contributed by atoms with Crippen molar-refractivity contribution in [2.75, 3.05) is 27.3 Å². The van der Waals surface area contributed by atoms with Gasteiger partial charge in [-0.3, -0.25) is 19.3 Å². The molecule has 0 aliphatic carbocycles. The first kappa shape index (κ1) is 19.9. The van der Waals surface area contributed by atoms with E-state index in [0.717, 1.165) is 18.4 Å². The lowest BCUT2D eigenvalue weighted by Crippen LogP contribution is -2.36. The van der Waals surface area contributed by atoms with Gasteiger partial charge in [-0.15, -0.1) is 0 Å². The number of imide groups is 1. The van der Waals surface area contributed by atoms with Crippen molar-refractivity contribution in [2.24, 2.45) is 0 Å². The van der Waals surface area contributed by atoms with Gasteiger partial charge in [-0.2, -0.15) is 0 Å². The van der Waals surface area contributed by atoms with Crippen molar-refractivity contribution >= 4 is 17.7 Å². The van der Waals surface area contributed by atoms with Crippen molar-refractivity contribution in [1.29, 1.82) is 0 Å². The van der Waals surface area contributed by atoms with Crippen LogP contribution < -0.4 is 9.47 Å². The van der Waals surface area contributed by atoms with Crippen LogP contribution in [0.2, 0.25) is 0 Å². The number of benzene rings is 2. The summed E-state index contributed by atoms with van der Waals surface area (Å²) in [5.74, 6) is 0.625. The van der Waals surface area contributed by atoms with E-state index in [2.05, 4.69) is 0 Å². The molecule has 2 aliphatic rings. The standard InChI is InChI=1S/C23H24N2O5/c1-29-15-9-10-18(20(14-15)30-2)19-8-5-12-24(19)21(26)11-13-25-22(27)16-6-3-4-7-17(16)23(25)28/h3-4,6-7,9-10,14,19H,5,8,11-13H2,1-2H3. The number of nitrogens with zero attached hydrogens (tertiary/aromatic N) is 2. The highest BCUT2D eigenvalue weighted by Gasteiger charge is 2.37. The van der Waals surface area contributed by atoms with E-state index in [1.165, 1.54) is 4.90 Å². The Labute approximate surface area is 175 Å². The van der Waals surface area contributed by atoms with Crippen LogP contribution in [0.15, 0.2) is 42.5 Å². The number of rotatable bonds is 6. The van der Waals surface area contributed by atoms with Crippen LogP contribution in [-0.4, -0.2) is 54.8 Å². The summed E-state index contributed by atoms with van der Waals surface area (Å²) in [6, 6.07) is 12.3. The Morgan fingerprint density at radius 3 is 2.37 bits per heavy atom. The zero-order valence-electron chi connectivity index (χ0n) is 17.1. The van der Waals surface area contributed by atoms with E-state index in [-0.39, 0.29) is 36.7 Å². The monoisotopic (exact) mass is 408 g/mol. The van der Waals surface area contributed by atoms with Gasteiger partial charge in [0.25, 0.3) is 11.8 Å². The minimum Gasteiger partial charge on any atom is -0.497 e. The lowest BCUT2D eigenvalue weighted by atomic mass is 10.0. The van der Waals surface area contributed by atoms with Gasteiger partial charge in [0.05, 0.1) is 31.4 Å². The Morgan fingerprint density at radius 2 is 1.73 bits per heavy atom. The summed E-state index contributed by atoms with van der Waals surface area (Å²) in [7, 11) is 3.20. The van der Waals surface area contributed by atoms with Crippen LogP contribution in [0.25, 0.3) is 0 Å². The molecule has 7 heteroatoms. The fourth-order valence-electron chi connectivity index (χ4n) is 4.28. The first-order valence-corrected chi connectivity index (χ1v) is 10.0. The third-order valence-corrected chi connectivity index (χ3v) is 5.80. The molecule has 2 aromatic carbocycles. The second-order valence-corrected chi connectivity index (χ2v) is 7.41. The van der Waals surface area contributed by atoms with Crippen LogP contribution in [-0.2, 0) is 4.79 Å². The average Bonchev–Trinajstić information content (AvgIpc) is 3.36. The van der Waals surface area contributed by atoms with Crippen LogP contribution in [0.5, 0.6) is 11.5 Å². The van der Waals surface area contributed by atoms with E-state index >= 15 is 0 Å². The number of fused-ring (bicyclic) bond motifs is 1. The second kappa shape index (κ2) is 8.18. The Morgan fingerprint density at radius 1 is 1.03 bits per heavy atom. The van der Waals surface area contributed by atoms with Gasteiger partial charge < -0.3 is 14.4 Å². The molecule has 0 bridgehead atoms. The van der Waals surface area contributed by atoms with Crippen molar-refractivity contribution in [2.45, 2.75) is 25.3 Å². The van der Waals surface area contributed by atoms with Gasteiger partial charge in [0.15, 0.2) is 0 Å². The third kappa shape index (κ3) is 3.40. The molecule has 1 atom stereocenters. The summed E-state index contributed by atoms with van der Waals surface area (Å²) in [6.45, 7) is 0.717. The molecule has 2 heterocycles. The molecule has 0 saturated carbocycles. The maximum atomic E-state index is 13.0. The Bertz CT molecular complexity index is 968. The molecule has 0 radical (unpaired) electrons. The highest BCUT2D eigenvalue weighted by atomic mass is 16.5. The summed E-state index contributed by atoms with van der Waals surface area (Å²) in [4.78, 5) is 41.0. The van der Waals surface area contributed by atoms with E-state index in [4.69, 9.17) is 9.47 Å². The molecule has 0 N–H and O–H groups in total. The molecule has 2 aliphatic heterocycles. The zero-order chi connectivity index (χ0) is 21.3. The van der Waals surface area contributed by atoms with Crippen molar-refractivity contribution in [3.63, 3.8) is 0 Å². The summed E-state index contributed by atoms with van der Waals surface area (Å²) in [5, 5.41) is 0. The number of amides is 3. The van der Waals surface area contributed by atoms with Gasteiger partial charge in [0, 0.05) is 31.1 Å². The Kier molecular flexibility index (Phi) is 5.44. The molecule has 1 fully saturated rings. The minimum absolute atomic E-state index is 0.0769. The van der Waals surface area contributed by atoms with Crippen molar-refractivity contribution in [3.05, 3.63) is 59.2 Å². The van der Waals surface area contributed by atoms with E-state index in [9.17, 15) is 14.4 Å². The SMILES string of the molecule is COc1ccc(C2CCCN2C(=O)CCN2C(=O)c3ccccc3C2=O)c(OC)c1. The predicted molar refractivity (Wildman–Crippen MR) is 110 cm³/mol. The molecule has 1 saturated heterocycles. The highest BCUT2D eigenvalue weighted by molar-refractivity contribution is 6.21. The number of ether oxygens (including phenoxy) is 2. The lowest BCUT2D eigenvalue weighted by Gasteiger charge is -2.27. The van der Waals surface area contributed by atoms with Crippen molar-refractivity contribution in [1.82, 2.24) is 9.80 Å². The van der Waals surface area contributed by atoms with Gasteiger partial charge in [-0.1, -0.05) is 12.1 Å². The number of hydrogen-bond acceptors (Lipinski definition) is 5.